The van der Waals surface area contributed by atoms with Gasteiger partial charge in [0.05, 0.1) is 11.3 Å². The molecule has 1 N–H and O–H groups in total. The van der Waals surface area contributed by atoms with Crippen molar-refractivity contribution in [3.63, 3.8) is 0 Å². The molecule has 0 aromatic heterocycles. The predicted molar refractivity (Wildman–Crippen MR) is 69.8 cm³/mol. The van der Waals surface area contributed by atoms with E-state index in [9.17, 15) is 5.26 Å². The van der Waals surface area contributed by atoms with Crippen LogP contribution in [0.15, 0.2) is 33.7 Å². The largest absolute Gasteiger partial charge is 0.356 e. The minimum absolute atomic E-state index is 0.0142. The van der Waals surface area contributed by atoms with Crippen molar-refractivity contribution in [2.75, 3.05) is 0 Å². The standard InChI is InChI=1S/C15H14N4/c1-2-14-12-6-4-3-5-11(12)13(9-18)15(19-14)10(7-16)8-17/h19H,2-6H2,1H3. The highest BCUT2D eigenvalue weighted by atomic mass is 14.9. The fourth-order valence-electron chi connectivity index (χ4n) is 2.70. The maximum absolute atomic E-state index is 9.38. The lowest BCUT2D eigenvalue weighted by Gasteiger charge is -2.30. The minimum atomic E-state index is -0.0142. The Morgan fingerprint density at radius 2 is 1.74 bits per heavy atom. The van der Waals surface area contributed by atoms with Crippen molar-refractivity contribution in [1.82, 2.24) is 5.32 Å². The number of dihydropyridines is 1. The van der Waals surface area contributed by atoms with E-state index < -0.39 is 0 Å². The normalized spacial score (nSPS) is 17.9. The molecule has 1 aliphatic heterocycles. The van der Waals surface area contributed by atoms with Gasteiger partial charge >= 0.3 is 0 Å². The van der Waals surface area contributed by atoms with Gasteiger partial charge in [-0.05, 0) is 43.3 Å². The molecule has 2 aliphatic rings. The Morgan fingerprint density at radius 3 is 2.26 bits per heavy atom. The summed E-state index contributed by atoms with van der Waals surface area (Å²) in [7, 11) is 0. The second-order valence-corrected chi connectivity index (χ2v) is 4.58. The lowest BCUT2D eigenvalue weighted by Crippen LogP contribution is -2.25. The van der Waals surface area contributed by atoms with E-state index in [4.69, 9.17) is 10.5 Å². The van der Waals surface area contributed by atoms with Gasteiger partial charge in [0.15, 0.2) is 5.57 Å². The van der Waals surface area contributed by atoms with E-state index >= 15 is 0 Å². The van der Waals surface area contributed by atoms with Gasteiger partial charge in [-0.15, -0.1) is 0 Å². The quantitative estimate of drug-likeness (QED) is 0.725. The van der Waals surface area contributed by atoms with Gasteiger partial charge in [-0.3, -0.25) is 0 Å². The van der Waals surface area contributed by atoms with Crippen LogP contribution in [0, 0.1) is 34.0 Å². The molecule has 0 bridgehead atoms. The topological polar surface area (TPSA) is 83.4 Å². The van der Waals surface area contributed by atoms with E-state index in [1.165, 1.54) is 5.57 Å². The Balaban J connectivity index is 2.68. The summed E-state index contributed by atoms with van der Waals surface area (Å²) in [6.07, 6.45) is 4.83. The van der Waals surface area contributed by atoms with Crippen molar-refractivity contribution in [2.24, 2.45) is 0 Å². The van der Waals surface area contributed by atoms with Gasteiger partial charge in [0.1, 0.15) is 18.2 Å². The number of fused-ring (bicyclic) bond motifs is 1. The van der Waals surface area contributed by atoms with Crippen LogP contribution in [0.3, 0.4) is 0 Å². The Labute approximate surface area is 112 Å². The molecular weight excluding hydrogens is 236 g/mol. The first-order valence-corrected chi connectivity index (χ1v) is 6.44. The molecule has 0 unspecified atom stereocenters. The smallest absolute Gasteiger partial charge is 0.154 e. The maximum Gasteiger partial charge on any atom is 0.154 e. The van der Waals surface area contributed by atoms with Gasteiger partial charge in [-0.2, -0.15) is 15.8 Å². The molecule has 2 rings (SSSR count). The number of nitriles is 3. The number of hydrogen-bond acceptors (Lipinski definition) is 4. The van der Waals surface area contributed by atoms with Crippen LogP contribution in [0.2, 0.25) is 0 Å². The summed E-state index contributed by atoms with van der Waals surface area (Å²) < 4.78 is 0. The molecule has 0 aromatic rings. The van der Waals surface area contributed by atoms with Gasteiger partial charge in [0.25, 0.3) is 0 Å². The molecule has 4 heteroatoms. The van der Waals surface area contributed by atoms with E-state index in [0.717, 1.165) is 43.4 Å². The van der Waals surface area contributed by atoms with E-state index in [-0.39, 0.29) is 5.57 Å². The fraction of sp³-hybridized carbons (Fsp3) is 0.400. The molecule has 0 radical (unpaired) electrons. The predicted octanol–water partition coefficient (Wildman–Crippen LogP) is 2.95. The number of nitrogens with one attached hydrogen (secondary N) is 1. The van der Waals surface area contributed by atoms with Gasteiger partial charge in [-0.25, -0.2) is 0 Å². The molecule has 1 fully saturated rings. The minimum Gasteiger partial charge on any atom is -0.356 e. The Hall–Kier alpha value is -2.51. The van der Waals surface area contributed by atoms with Crippen LogP contribution >= 0.6 is 0 Å². The van der Waals surface area contributed by atoms with E-state index in [2.05, 4.69) is 11.4 Å². The second kappa shape index (κ2) is 5.42. The summed E-state index contributed by atoms with van der Waals surface area (Å²) >= 11 is 0. The lowest BCUT2D eigenvalue weighted by molar-refractivity contribution is 0.648. The zero-order valence-corrected chi connectivity index (χ0v) is 10.9. The number of hydrogen-bond donors (Lipinski definition) is 1. The molecular formula is C15H14N4. The fourth-order valence-corrected chi connectivity index (χ4v) is 2.70. The molecule has 1 saturated carbocycles. The molecule has 0 aromatic carbocycles. The monoisotopic (exact) mass is 250 g/mol. The summed E-state index contributed by atoms with van der Waals surface area (Å²) in [4.78, 5) is 0. The molecule has 0 atom stereocenters. The van der Waals surface area contributed by atoms with Crippen LogP contribution in [0.1, 0.15) is 39.0 Å². The SMILES string of the molecule is CCC1=C2CCCCC2=C(C#N)C(=C(C#N)C#N)N1. The Bertz CT molecular complexity index is 611. The van der Waals surface area contributed by atoms with Gasteiger partial charge in [0, 0.05) is 5.70 Å². The molecule has 0 amide bonds. The summed E-state index contributed by atoms with van der Waals surface area (Å²) in [6, 6.07) is 5.92. The van der Waals surface area contributed by atoms with Gasteiger partial charge in [-0.1, -0.05) is 6.92 Å². The second-order valence-electron chi connectivity index (χ2n) is 4.58. The molecule has 1 aliphatic carbocycles. The summed E-state index contributed by atoms with van der Waals surface area (Å²) in [5.74, 6) is 0. The maximum atomic E-state index is 9.38. The van der Waals surface area contributed by atoms with Crippen LogP contribution in [-0.4, -0.2) is 0 Å². The molecule has 0 spiro atoms. The van der Waals surface area contributed by atoms with Crippen molar-refractivity contribution < 1.29 is 0 Å². The van der Waals surface area contributed by atoms with Crippen LogP contribution in [0.25, 0.3) is 0 Å². The molecule has 1 heterocycles. The third-order valence-electron chi connectivity index (χ3n) is 3.60. The average Bonchev–Trinajstić information content (AvgIpc) is 2.47. The number of rotatable bonds is 1. The van der Waals surface area contributed by atoms with E-state index in [1.54, 1.807) is 0 Å². The highest BCUT2D eigenvalue weighted by Gasteiger charge is 2.28. The zero-order chi connectivity index (χ0) is 13.8. The van der Waals surface area contributed by atoms with Crippen LogP contribution in [0.4, 0.5) is 0 Å². The number of allylic oxidation sites excluding steroid dienone is 5. The highest BCUT2D eigenvalue weighted by Crippen LogP contribution is 2.39. The van der Waals surface area contributed by atoms with E-state index in [0.29, 0.717) is 11.3 Å². The highest BCUT2D eigenvalue weighted by molar-refractivity contribution is 5.62. The molecule has 4 nitrogen and oxygen atoms in total. The van der Waals surface area contributed by atoms with Crippen molar-refractivity contribution in [3.8, 4) is 18.2 Å². The number of nitrogens with zero attached hydrogens (tertiary/aromatic N) is 3. The van der Waals surface area contributed by atoms with Crippen LogP contribution < -0.4 is 5.32 Å². The summed E-state index contributed by atoms with van der Waals surface area (Å²) in [5.41, 5.74) is 4.15. The molecule has 94 valence electrons. The third-order valence-corrected chi connectivity index (χ3v) is 3.60. The zero-order valence-electron chi connectivity index (χ0n) is 10.9. The average molecular weight is 250 g/mol. The first kappa shape index (κ1) is 12.9. The Morgan fingerprint density at radius 1 is 1.11 bits per heavy atom. The first-order chi connectivity index (χ1) is 9.26. The van der Waals surface area contributed by atoms with Crippen LogP contribution in [-0.2, 0) is 0 Å². The summed E-state index contributed by atoms with van der Waals surface area (Å²) in [6.45, 7) is 2.04. The Kier molecular flexibility index (Phi) is 3.69. The summed E-state index contributed by atoms with van der Waals surface area (Å²) in [5, 5.41) is 30.6. The van der Waals surface area contributed by atoms with Gasteiger partial charge < -0.3 is 5.32 Å². The van der Waals surface area contributed by atoms with Crippen LogP contribution in [0.5, 0.6) is 0 Å². The van der Waals surface area contributed by atoms with Crippen molar-refractivity contribution in [1.29, 1.82) is 15.8 Å². The first-order valence-electron chi connectivity index (χ1n) is 6.44. The van der Waals surface area contributed by atoms with Crippen molar-refractivity contribution in [3.05, 3.63) is 33.7 Å². The third kappa shape index (κ3) is 2.12. The molecule has 19 heavy (non-hydrogen) atoms. The molecule has 0 saturated heterocycles. The van der Waals surface area contributed by atoms with Gasteiger partial charge in [0.2, 0.25) is 0 Å². The van der Waals surface area contributed by atoms with Crippen molar-refractivity contribution >= 4 is 0 Å². The van der Waals surface area contributed by atoms with E-state index in [1.807, 2.05) is 19.1 Å². The van der Waals surface area contributed by atoms with Crippen molar-refractivity contribution in [2.45, 2.75) is 39.0 Å². The lowest BCUT2D eigenvalue weighted by atomic mass is 9.81.